The van der Waals surface area contributed by atoms with Crippen molar-refractivity contribution in [2.75, 3.05) is 33.9 Å². The third kappa shape index (κ3) is 10.5. The zero-order valence-corrected chi connectivity index (χ0v) is 14.7. The van der Waals surface area contributed by atoms with Crippen molar-refractivity contribution in [3.63, 3.8) is 0 Å². The van der Waals surface area contributed by atoms with Gasteiger partial charge in [0.15, 0.2) is 12.6 Å². The van der Waals surface area contributed by atoms with Crippen LogP contribution in [-0.4, -0.2) is 46.1 Å². The fourth-order valence-electron chi connectivity index (χ4n) is 2.03. The first kappa shape index (κ1) is 21.1. The lowest BCUT2D eigenvalue weighted by Crippen LogP contribution is -2.37. The van der Waals surface area contributed by atoms with Crippen molar-refractivity contribution in [1.82, 2.24) is 10.6 Å². The highest BCUT2D eigenvalue weighted by molar-refractivity contribution is 5.79. The van der Waals surface area contributed by atoms with Crippen LogP contribution in [0.5, 0.6) is 5.75 Å². The number of ether oxygens (including phenoxy) is 2. The Bertz CT molecular complexity index is 505. The predicted molar refractivity (Wildman–Crippen MR) is 91.9 cm³/mol. The lowest BCUT2D eigenvalue weighted by molar-refractivity contribution is -0.153. The molecule has 25 heavy (non-hydrogen) atoms. The molecule has 0 atom stereocenters. The summed E-state index contributed by atoms with van der Waals surface area (Å²) >= 11 is 0. The van der Waals surface area contributed by atoms with Crippen molar-refractivity contribution in [1.29, 1.82) is 0 Å². The molecule has 0 aliphatic rings. The summed E-state index contributed by atoms with van der Waals surface area (Å²) in [6.45, 7) is 0.817. The van der Waals surface area contributed by atoms with Crippen LogP contribution in [0.15, 0.2) is 29.3 Å². The summed E-state index contributed by atoms with van der Waals surface area (Å²) < 4.78 is 46.0. The molecule has 1 aromatic rings. The van der Waals surface area contributed by atoms with Crippen LogP contribution in [0.3, 0.4) is 0 Å². The maximum atomic E-state index is 12.1. The fraction of sp³-hybridized carbons (Fsp3) is 0.588. The number of nitrogens with one attached hydrogen (secondary N) is 2. The van der Waals surface area contributed by atoms with Crippen molar-refractivity contribution in [2.45, 2.75) is 32.0 Å². The molecule has 0 aromatic heterocycles. The number of nitrogens with zero attached hydrogens (tertiary/aromatic N) is 1. The second-order valence-corrected chi connectivity index (χ2v) is 5.45. The highest BCUT2D eigenvalue weighted by Gasteiger charge is 2.28. The first-order valence-corrected chi connectivity index (χ1v) is 8.16. The van der Waals surface area contributed by atoms with E-state index >= 15 is 0 Å². The molecular formula is C17H26F3N3O2. The van der Waals surface area contributed by atoms with Gasteiger partial charge in [-0.3, -0.25) is 4.99 Å². The third-order valence-corrected chi connectivity index (χ3v) is 3.33. The second-order valence-electron chi connectivity index (χ2n) is 5.45. The summed E-state index contributed by atoms with van der Waals surface area (Å²) in [5.41, 5.74) is 0.919. The van der Waals surface area contributed by atoms with Crippen molar-refractivity contribution < 1.29 is 22.6 Å². The quantitative estimate of drug-likeness (QED) is 0.382. The number of methoxy groups -OCH3 is 1. The number of halogens is 3. The number of benzene rings is 1. The Hall–Kier alpha value is -1.96. The molecule has 142 valence electrons. The zero-order valence-electron chi connectivity index (χ0n) is 14.7. The number of hydrogen-bond donors (Lipinski definition) is 2. The van der Waals surface area contributed by atoms with Gasteiger partial charge in [0.2, 0.25) is 0 Å². The smallest absolute Gasteiger partial charge is 0.422 e. The van der Waals surface area contributed by atoms with Gasteiger partial charge in [0, 0.05) is 33.9 Å². The van der Waals surface area contributed by atoms with Gasteiger partial charge in [-0.15, -0.1) is 0 Å². The summed E-state index contributed by atoms with van der Waals surface area (Å²) in [7, 11) is 3.38. The highest BCUT2D eigenvalue weighted by Crippen LogP contribution is 2.18. The summed E-state index contributed by atoms with van der Waals surface area (Å²) in [4.78, 5) is 4.13. The SMILES string of the molecule is CN=C(NCCCCCOC)NCc1ccc(OCC(F)(F)F)cc1. The standard InChI is InChI=1S/C17H26F3N3O2/c1-21-16(22-10-4-3-5-11-24-2)23-12-14-6-8-15(9-7-14)25-13-17(18,19)20/h6-9H,3-5,10-13H2,1-2H3,(H2,21,22,23). The molecule has 0 aliphatic heterocycles. The first-order valence-electron chi connectivity index (χ1n) is 8.16. The van der Waals surface area contributed by atoms with Gasteiger partial charge >= 0.3 is 6.18 Å². The van der Waals surface area contributed by atoms with Crippen LogP contribution < -0.4 is 15.4 Å². The van der Waals surface area contributed by atoms with E-state index in [-0.39, 0.29) is 5.75 Å². The minimum Gasteiger partial charge on any atom is -0.484 e. The van der Waals surface area contributed by atoms with Gasteiger partial charge in [0.1, 0.15) is 5.75 Å². The molecule has 2 N–H and O–H groups in total. The predicted octanol–water partition coefficient (Wildman–Crippen LogP) is 3.11. The summed E-state index contributed by atoms with van der Waals surface area (Å²) in [5, 5.41) is 6.37. The van der Waals surface area contributed by atoms with Crippen molar-refractivity contribution in [2.24, 2.45) is 4.99 Å². The molecular weight excluding hydrogens is 335 g/mol. The lowest BCUT2D eigenvalue weighted by atomic mass is 10.2. The molecule has 0 fully saturated rings. The largest absolute Gasteiger partial charge is 0.484 e. The van der Waals surface area contributed by atoms with Crippen molar-refractivity contribution >= 4 is 5.96 Å². The van der Waals surface area contributed by atoms with E-state index in [0.717, 1.165) is 38.0 Å². The molecule has 0 bridgehead atoms. The van der Waals surface area contributed by atoms with Gasteiger partial charge in [0.05, 0.1) is 0 Å². The summed E-state index contributed by atoms with van der Waals surface area (Å²) in [5.74, 6) is 0.879. The third-order valence-electron chi connectivity index (χ3n) is 3.33. The van der Waals surface area contributed by atoms with E-state index < -0.39 is 12.8 Å². The zero-order chi connectivity index (χ0) is 18.5. The fourth-order valence-corrected chi connectivity index (χ4v) is 2.03. The molecule has 1 aromatic carbocycles. The molecule has 0 spiro atoms. The normalized spacial score (nSPS) is 12.1. The number of rotatable bonds is 10. The molecule has 0 unspecified atom stereocenters. The minimum absolute atomic E-state index is 0.194. The molecule has 0 saturated heterocycles. The summed E-state index contributed by atoms with van der Waals surface area (Å²) in [6.07, 6.45) is -1.19. The Kier molecular flexibility index (Phi) is 9.76. The van der Waals surface area contributed by atoms with E-state index in [9.17, 15) is 13.2 Å². The lowest BCUT2D eigenvalue weighted by Gasteiger charge is -2.13. The van der Waals surface area contributed by atoms with Gasteiger partial charge in [-0.25, -0.2) is 0 Å². The Balaban J connectivity index is 2.28. The van der Waals surface area contributed by atoms with Gasteiger partial charge < -0.3 is 20.1 Å². The maximum absolute atomic E-state index is 12.1. The Labute approximate surface area is 146 Å². The van der Waals surface area contributed by atoms with Crippen LogP contribution in [0.25, 0.3) is 0 Å². The molecule has 8 heteroatoms. The summed E-state index contributed by atoms with van der Waals surface area (Å²) in [6, 6.07) is 6.48. The number of aliphatic imine (C=N–C) groups is 1. The van der Waals surface area contributed by atoms with Crippen LogP contribution >= 0.6 is 0 Å². The van der Waals surface area contributed by atoms with Crippen LogP contribution in [0.4, 0.5) is 13.2 Å². The molecule has 0 saturated carbocycles. The first-order chi connectivity index (χ1) is 11.9. The molecule has 0 amide bonds. The topological polar surface area (TPSA) is 54.9 Å². The van der Waals surface area contributed by atoms with E-state index in [1.165, 1.54) is 12.1 Å². The minimum atomic E-state index is -4.33. The van der Waals surface area contributed by atoms with E-state index in [1.807, 2.05) is 0 Å². The Morgan fingerprint density at radius 2 is 1.80 bits per heavy atom. The van der Waals surface area contributed by atoms with E-state index in [4.69, 9.17) is 4.74 Å². The molecule has 0 aliphatic carbocycles. The molecule has 1 rings (SSSR count). The maximum Gasteiger partial charge on any atom is 0.422 e. The van der Waals surface area contributed by atoms with Gasteiger partial charge in [-0.2, -0.15) is 13.2 Å². The van der Waals surface area contributed by atoms with E-state index in [2.05, 4.69) is 20.4 Å². The highest BCUT2D eigenvalue weighted by atomic mass is 19.4. The monoisotopic (exact) mass is 361 g/mol. The number of unbranched alkanes of at least 4 members (excludes halogenated alkanes) is 2. The van der Waals surface area contributed by atoms with Gasteiger partial charge in [0.25, 0.3) is 0 Å². The molecule has 5 nitrogen and oxygen atoms in total. The second kappa shape index (κ2) is 11.6. The van der Waals surface area contributed by atoms with Crippen LogP contribution in [-0.2, 0) is 11.3 Å². The Morgan fingerprint density at radius 3 is 2.40 bits per heavy atom. The van der Waals surface area contributed by atoms with Crippen molar-refractivity contribution in [3.05, 3.63) is 29.8 Å². The van der Waals surface area contributed by atoms with Crippen molar-refractivity contribution in [3.8, 4) is 5.75 Å². The van der Waals surface area contributed by atoms with Crippen LogP contribution in [0.2, 0.25) is 0 Å². The number of guanidine groups is 1. The number of hydrogen-bond acceptors (Lipinski definition) is 3. The van der Waals surface area contributed by atoms with Gasteiger partial charge in [-0.05, 0) is 37.0 Å². The van der Waals surface area contributed by atoms with Crippen LogP contribution in [0.1, 0.15) is 24.8 Å². The molecule has 0 heterocycles. The van der Waals surface area contributed by atoms with Gasteiger partial charge in [-0.1, -0.05) is 12.1 Å². The Morgan fingerprint density at radius 1 is 1.08 bits per heavy atom. The van der Waals surface area contributed by atoms with Crippen LogP contribution in [0, 0.1) is 0 Å². The van der Waals surface area contributed by atoms with E-state index in [0.29, 0.717) is 12.5 Å². The van der Waals surface area contributed by atoms with E-state index in [1.54, 1.807) is 26.3 Å². The average Bonchev–Trinajstić information content (AvgIpc) is 2.59. The average molecular weight is 361 g/mol. The molecule has 0 radical (unpaired) electrons. The number of alkyl halides is 3.